The largest absolute Gasteiger partial charge is 0.506 e. The van der Waals surface area contributed by atoms with E-state index < -0.39 is 12.0 Å². The molecule has 7 nitrogen and oxygen atoms in total. The van der Waals surface area contributed by atoms with Crippen LogP contribution >= 0.6 is 61.5 Å². The Kier molecular flexibility index (Phi) is 8.50. The summed E-state index contributed by atoms with van der Waals surface area (Å²) in [5.41, 5.74) is 1.85. The number of benzene rings is 3. The summed E-state index contributed by atoms with van der Waals surface area (Å²) >= 11 is 13.1. The first kappa shape index (κ1) is 28.6. The number of ether oxygens (including phenoxy) is 2. The van der Waals surface area contributed by atoms with E-state index in [1.54, 1.807) is 43.3 Å². The number of aromatic hydroxyl groups is 1. The van der Waals surface area contributed by atoms with Gasteiger partial charge in [-0.2, -0.15) is 0 Å². The van der Waals surface area contributed by atoms with Gasteiger partial charge in [-0.25, -0.2) is 9.79 Å². The van der Waals surface area contributed by atoms with Crippen LogP contribution in [-0.4, -0.2) is 29.4 Å². The highest BCUT2D eigenvalue weighted by Crippen LogP contribution is 2.40. The highest BCUT2D eigenvalue weighted by Gasteiger charge is 2.37. The topological polar surface area (TPSA) is 90.1 Å². The predicted octanol–water partition coefficient (Wildman–Crippen LogP) is 5.67. The van der Waals surface area contributed by atoms with Crippen molar-refractivity contribution in [3.05, 3.63) is 116 Å². The first-order valence-electron chi connectivity index (χ1n) is 12.0. The van der Waals surface area contributed by atoms with E-state index in [0.29, 0.717) is 46.1 Å². The fourth-order valence-electron chi connectivity index (χ4n) is 4.49. The van der Waals surface area contributed by atoms with Gasteiger partial charge in [-0.3, -0.25) is 9.36 Å². The molecule has 0 aliphatic carbocycles. The molecule has 0 spiro atoms. The Morgan fingerprint density at radius 3 is 2.67 bits per heavy atom. The Morgan fingerprint density at radius 2 is 1.98 bits per heavy atom. The second-order valence-electron chi connectivity index (χ2n) is 8.64. The standard InChI is InChI=1S/C29H21BrClIN2O5S/c1-3-39-28(37)23-24(15-7-5-4-6-8-15)33-29-34(25(23)19-14-18(31)9-10-21(19)38-2)27(36)22(40-29)12-16-11-17(30)13-20(32)26(16)35/h4-14,25,35H,3H2,1-2H3/b22-12-/t25-/m0/s1. The number of esters is 1. The van der Waals surface area contributed by atoms with Gasteiger partial charge in [0.1, 0.15) is 17.5 Å². The average molecular weight is 752 g/mol. The summed E-state index contributed by atoms with van der Waals surface area (Å²) in [6.07, 6.45) is 1.62. The van der Waals surface area contributed by atoms with Crippen LogP contribution in [0.5, 0.6) is 11.5 Å². The lowest BCUT2D eigenvalue weighted by Gasteiger charge is -2.27. The van der Waals surface area contributed by atoms with Gasteiger partial charge in [0.2, 0.25) is 0 Å². The number of halogens is 3. The Bertz CT molecular complexity index is 1850. The number of fused-ring (bicyclic) bond motifs is 1. The molecule has 1 N–H and O–H groups in total. The minimum absolute atomic E-state index is 0.0554. The highest BCUT2D eigenvalue weighted by atomic mass is 127. The summed E-state index contributed by atoms with van der Waals surface area (Å²) in [5.74, 6) is -0.107. The van der Waals surface area contributed by atoms with E-state index in [4.69, 9.17) is 26.1 Å². The van der Waals surface area contributed by atoms with Gasteiger partial charge in [0.25, 0.3) is 5.56 Å². The molecule has 0 unspecified atom stereocenters. The maximum absolute atomic E-state index is 14.1. The van der Waals surface area contributed by atoms with Gasteiger partial charge in [-0.1, -0.05) is 69.2 Å². The maximum atomic E-state index is 14.1. The minimum atomic E-state index is -0.947. The van der Waals surface area contributed by atoms with Crippen LogP contribution in [0.4, 0.5) is 0 Å². The SMILES string of the molecule is CCOC(=O)C1=C(c2ccccc2)N=c2s/c(=C\c3cc(Br)cc(I)c3O)c(=O)n2[C@H]1c1cc(Cl)ccc1OC. The number of carbonyl (C=O) groups is 1. The summed E-state index contributed by atoms with van der Waals surface area (Å²) in [6, 6.07) is 16.9. The molecule has 2 heterocycles. The average Bonchev–Trinajstić information content (AvgIpc) is 3.25. The third-order valence-corrected chi connectivity index (χ3v) is 8.70. The van der Waals surface area contributed by atoms with Crippen molar-refractivity contribution in [2.24, 2.45) is 4.99 Å². The number of thiazole rings is 1. The molecule has 1 atom stereocenters. The molecule has 0 amide bonds. The summed E-state index contributed by atoms with van der Waals surface area (Å²) < 4.78 is 14.3. The van der Waals surface area contributed by atoms with Crippen LogP contribution < -0.4 is 19.6 Å². The first-order chi connectivity index (χ1) is 19.2. The molecule has 11 heteroatoms. The lowest BCUT2D eigenvalue weighted by atomic mass is 9.92. The number of phenols is 1. The lowest BCUT2D eigenvalue weighted by molar-refractivity contribution is -0.138. The molecule has 0 bridgehead atoms. The van der Waals surface area contributed by atoms with Crippen LogP contribution in [0.15, 0.2) is 80.5 Å². The molecule has 0 saturated carbocycles. The summed E-state index contributed by atoms with van der Waals surface area (Å²) in [5, 5.41) is 11.1. The molecule has 4 aromatic rings. The predicted molar refractivity (Wildman–Crippen MR) is 168 cm³/mol. The molecule has 1 aliphatic rings. The Labute approximate surface area is 260 Å². The quantitative estimate of drug-likeness (QED) is 0.203. The fraction of sp³-hybridized carbons (Fsp3) is 0.138. The van der Waals surface area contributed by atoms with Crippen molar-refractivity contribution in [1.29, 1.82) is 0 Å². The van der Waals surface area contributed by atoms with Crippen molar-refractivity contribution >= 4 is 79.2 Å². The second kappa shape index (κ2) is 11.9. The van der Waals surface area contributed by atoms with Gasteiger partial charge in [0.15, 0.2) is 4.80 Å². The molecule has 5 rings (SSSR count). The van der Waals surface area contributed by atoms with Gasteiger partial charge in [0, 0.05) is 26.2 Å². The number of hydrogen-bond donors (Lipinski definition) is 1. The Morgan fingerprint density at radius 1 is 1.23 bits per heavy atom. The van der Waals surface area contributed by atoms with E-state index in [2.05, 4.69) is 15.9 Å². The van der Waals surface area contributed by atoms with Crippen molar-refractivity contribution in [3.63, 3.8) is 0 Å². The molecular formula is C29H21BrClIN2O5S. The van der Waals surface area contributed by atoms with Gasteiger partial charge >= 0.3 is 5.97 Å². The van der Waals surface area contributed by atoms with E-state index in [1.807, 2.05) is 52.9 Å². The van der Waals surface area contributed by atoms with Crippen LogP contribution in [0, 0.1) is 3.57 Å². The fourth-order valence-corrected chi connectivity index (χ4v) is 7.21. The van der Waals surface area contributed by atoms with Crippen molar-refractivity contribution in [2.45, 2.75) is 13.0 Å². The zero-order chi connectivity index (χ0) is 28.6. The smallest absolute Gasteiger partial charge is 0.338 e. The summed E-state index contributed by atoms with van der Waals surface area (Å²) in [4.78, 5) is 32.9. The molecule has 1 aromatic heterocycles. The molecule has 0 saturated heterocycles. The monoisotopic (exact) mass is 750 g/mol. The molecule has 3 aromatic carbocycles. The van der Waals surface area contributed by atoms with Gasteiger partial charge < -0.3 is 14.6 Å². The number of carbonyl (C=O) groups excluding carboxylic acids is 1. The molecule has 204 valence electrons. The molecule has 0 radical (unpaired) electrons. The third-order valence-electron chi connectivity index (χ3n) is 6.20. The van der Waals surface area contributed by atoms with Gasteiger partial charge in [0.05, 0.1) is 33.1 Å². The summed E-state index contributed by atoms with van der Waals surface area (Å²) in [6.45, 7) is 1.85. The number of phenolic OH excluding ortho intramolecular Hbond substituents is 1. The number of aromatic nitrogens is 1. The second-order valence-corrected chi connectivity index (χ2v) is 12.2. The molecule has 0 fully saturated rings. The molecule has 40 heavy (non-hydrogen) atoms. The minimum Gasteiger partial charge on any atom is -0.506 e. The molecule has 1 aliphatic heterocycles. The molecular weight excluding hydrogens is 731 g/mol. The normalized spacial score (nSPS) is 15.0. The maximum Gasteiger partial charge on any atom is 0.338 e. The van der Waals surface area contributed by atoms with E-state index >= 15 is 0 Å². The van der Waals surface area contributed by atoms with Crippen LogP contribution in [0.1, 0.15) is 29.7 Å². The van der Waals surface area contributed by atoms with Gasteiger partial charge in [-0.05, 0) is 65.9 Å². The van der Waals surface area contributed by atoms with Crippen LogP contribution in [-0.2, 0) is 9.53 Å². The zero-order valence-corrected chi connectivity index (χ0v) is 26.5. The zero-order valence-electron chi connectivity index (χ0n) is 21.2. The number of nitrogens with zero attached hydrogens (tertiary/aromatic N) is 2. The van der Waals surface area contributed by atoms with Crippen molar-refractivity contribution in [2.75, 3.05) is 13.7 Å². The van der Waals surface area contributed by atoms with Crippen molar-refractivity contribution < 1.29 is 19.4 Å². The Hall–Kier alpha value is -2.93. The van der Waals surface area contributed by atoms with Crippen LogP contribution in [0.25, 0.3) is 11.8 Å². The lowest BCUT2D eigenvalue weighted by Crippen LogP contribution is -2.40. The van der Waals surface area contributed by atoms with Crippen molar-refractivity contribution in [1.82, 2.24) is 4.57 Å². The van der Waals surface area contributed by atoms with E-state index in [9.17, 15) is 14.7 Å². The number of hydrogen-bond acceptors (Lipinski definition) is 7. The third kappa shape index (κ3) is 5.37. The Balaban J connectivity index is 1.89. The number of rotatable bonds is 6. The summed E-state index contributed by atoms with van der Waals surface area (Å²) in [7, 11) is 1.51. The van der Waals surface area contributed by atoms with Crippen molar-refractivity contribution in [3.8, 4) is 11.5 Å². The van der Waals surface area contributed by atoms with E-state index in [0.717, 1.165) is 15.8 Å². The first-order valence-corrected chi connectivity index (χ1v) is 15.1. The highest BCUT2D eigenvalue weighted by molar-refractivity contribution is 14.1. The van der Waals surface area contributed by atoms with E-state index in [-0.39, 0.29) is 23.5 Å². The number of methoxy groups -OCH3 is 1. The van der Waals surface area contributed by atoms with Gasteiger partial charge in [-0.15, -0.1) is 0 Å². The van der Waals surface area contributed by atoms with E-state index in [1.165, 1.54) is 11.7 Å². The van der Waals surface area contributed by atoms with Crippen LogP contribution in [0.3, 0.4) is 0 Å². The van der Waals surface area contributed by atoms with Crippen LogP contribution in [0.2, 0.25) is 5.02 Å².